The van der Waals surface area contributed by atoms with Gasteiger partial charge >= 0.3 is 0 Å². The second-order valence-electron chi connectivity index (χ2n) is 6.68. The third kappa shape index (κ3) is 1.96. The van der Waals surface area contributed by atoms with Crippen LogP contribution in [0.15, 0.2) is 30.3 Å². The molecule has 0 aromatic heterocycles. The fourth-order valence-corrected chi connectivity index (χ4v) is 3.55. The molecule has 0 radical (unpaired) electrons. The maximum absolute atomic E-state index is 13.2. The van der Waals surface area contributed by atoms with Gasteiger partial charge in [0.2, 0.25) is 5.91 Å². The maximum Gasteiger partial charge on any atom is 0.253 e. The Morgan fingerprint density at radius 3 is 2.29 bits per heavy atom. The predicted octanol–water partition coefficient (Wildman–Crippen LogP) is 2.19. The Hall–Kier alpha value is -1.84. The fourth-order valence-electron chi connectivity index (χ4n) is 3.55. The van der Waals surface area contributed by atoms with Crippen molar-refractivity contribution >= 4 is 11.8 Å². The van der Waals surface area contributed by atoms with E-state index in [1.54, 1.807) is 0 Å². The highest BCUT2D eigenvalue weighted by Gasteiger charge is 2.54. The average molecular weight is 286 g/mol. The first kappa shape index (κ1) is 14.1. The lowest BCUT2D eigenvalue weighted by atomic mass is 9.73. The molecule has 2 unspecified atom stereocenters. The van der Waals surface area contributed by atoms with E-state index >= 15 is 0 Å². The zero-order chi connectivity index (χ0) is 15.3. The van der Waals surface area contributed by atoms with Gasteiger partial charge in [-0.2, -0.15) is 0 Å². The van der Waals surface area contributed by atoms with Crippen LogP contribution in [0.4, 0.5) is 0 Å². The fraction of sp³-hybridized carbons (Fsp3) is 0.529. The zero-order valence-electron chi connectivity index (χ0n) is 12.8. The van der Waals surface area contributed by atoms with E-state index in [1.807, 2.05) is 49.1 Å². The van der Waals surface area contributed by atoms with E-state index in [0.29, 0.717) is 0 Å². The van der Waals surface area contributed by atoms with Crippen molar-refractivity contribution in [1.82, 2.24) is 10.2 Å². The van der Waals surface area contributed by atoms with Gasteiger partial charge in [0.25, 0.3) is 5.91 Å². The number of carbonyl (C=O) groups is 2. The molecule has 2 atom stereocenters. The lowest BCUT2D eigenvalue weighted by Gasteiger charge is -2.55. The number of hydrogen-bond donors (Lipinski definition) is 1. The van der Waals surface area contributed by atoms with Gasteiger partial charge in [-0.3, -0.25) is 9.59 Å². The summed E-state index contributed by atoms with van der Waals surface area (Å²) in [5.74, 6) is -0.0721. The van der Waals surface area contributed by atoms with Crippen LogP contribution in [0.1, 0.15) is 45.6 Å². The number of benzene rings is 1. The summed E-state index contributed by atoms with van der Waals surface area (Å²) >= 11 is 0. The van der Waals surface area contributed by atoms with Gasteiger partial charge in [0.05, 0.1) is 0 Å². The summed E-state index contributed by atoms with van der Waals surface area (Å²) in [6.45, 7) is 5.72. The topological polar surface area (TPSA) is 49.4 Å². The smallest absolute Gasteiger partial charge is 0.253 e. The largest absolute Gasteiger partial charge is 0.336 e. The van der Waals surface area contributed by atoms with Crippen LogP contribution in [0.25, 0.3) is 0 Å². The molecule has 4 nitrogen and oxygen atoms in total. The van der Waals surface area contributed by atoms with E-state index in [0.717, 1.165) is 24.8 Å². The molecule has 2 fully saturated rings. The number of amides is 2. The number of nitrogens with zero attached hydrogens (tertiary/aromatic N) is 1. The van der Waals surface area contributed by atoms with Gasteiger partial charge in [-0.25, -0.2) is 0 Å². The van der Waals surface area contributed by atoms with Crippen molar-refractivity contribution in [3.8, 4) is 0 Å². The summed E-state index contributed by atoms with van der Waals surface area (Å²) in [5, 5.41) is 2.93. The third-order valence-electron chi connectivity index (χ3n) is 5.15. The second kappa shape index (κ2) is 4.58. The van der Waals surface area contributed by atoms with Crippen LogP contribution in [0.3, 0.4) is 0 Å². The van der Waals surface area contributed by atoms with Crippen LogP contribution in [-0.4, -0.2) is 28.3 Å². The lowest BCUT2D eigenvalue weighted by Crippen LogP contribution is -2.72. The van der Waals surface area contributed by atoms with E-state index in [2.05, 4.69) is 12.2 Å². The molecule has 4 heteroatoms. The molecule has 0 spiro atoms. The molecular weight excluding hydrogens is 264 g/mol. The summed E-state index contributed by atoms with van der Waals surface area (Å²) in [7, 11) is 0. The first-order valence-corrected chi connectivity index (χ1v) is 7.60. The van der Waals surface area contributed by atoms with Gasteiger partial charge in [0.1, 0.15) is 11.6 Å². The Bertz CT molecular complexity index is 580. The normalized spacial score (nSPS) is 31.6. The van der Waals surface area contributed by atoms with Crippen LogP contribution in [-0.2, 0) is 15.1 Å². The highest BCUT2D eigenvalue weighted by molar-refractivity contribution is 6.00. The average Bonchev–Trinajstić information content (AvgIpc) is 2.44. The Labute approximate surface area is 125 Å². The minimum absolute atomic E-state index is 0.00278. The molecule has 1 aliphatic carbocycles. The first-order valence-electron chi connectivity index (χ1n) is 7.60. The monoisotopic (exact) mass is 286 g/mol. The van der Waals surface area contributed by atoms with Crippen molar-refractivity contribution in [2.45, 2.75) is 57.2 Å². The zero-order valence-corrected chi connectivity index (χ0v) is 12.8. The van der Waals surface area contributed by atoms with E-state index < -0.39 is 11.6 Å². The van der Waals surface area contributed by atoms with Crippen molar-refractivity contribution in [2.24, 2.45) is 0 Å². The number of rotatable bonds is 2. The molecule has 3 rings (SSSR count). The quantitative estimate of drug-likeness (QED) is 0.906. The predicted molar refractivity (Wildman–Crippen MR) is 80.5 cm³/mol. The van der Waals surface area contributed by atoms with Gasteiger partial charge in [-0.1, -0.05) is 30.3 Å². The van der Waals surface area contributed by atoms with Crippen molar-refractivity contribution in [3.05, 3.63) is 35.9 Å². The van der Waals surface area contributed by atoms with Crippen LogP contribution in [0, 0.1) is 0 Å². The molecule has 2 aliphatic rings. The van der Waals surface area contributed by atoms with Crippen LogP contribution in [0.5, 0.6) is 0 Å². The Balaban J connectivity index is 2.04. The molecule has 1 N–H and O–H groups in total. The van der Waals surface area contributed by atoms with Gasteiger partial charge in [0, 0.05) is 5.54 Å². The van der Waals surface area contributed by atoms with Gasteiger partial charge in [-0.05, 0) is 45.6 Å². The Morgan fingerprint density at radius 2 is 1.76 bits per heavy atom. The molecule has 1 saturated heterocycles. The third-order valence-corrected chi connectivity index (χ3v) is 5.15. The van der Waals surface area contributed by atoms with Crippen molar-refractivity contribution < 1.29 is 9.59 Å². The number of piperazine rings is 1. The summed E-state index contributed by atoms with van der Waals surface area (Å²) in [6.07, 6.45) is 3.07. The van der Waals surface area contributed by atoms with Gasteiger partial charge in [0.15, 0.2) is 0 Å². The van der Waals surface area contributed by atoms with E-state index in [1.165, 1.54) is 0 Å². The van der Waals surface area contributed by atoms with Crippen LogP contribution >= 0.6 is 0 Å². The highest BCUT2D eigenvalue weighted by Crippen LogP contribution is 2.42. The minimum atomic E-state index is -0.969. The molecular formula is C17H22N2O2. The summed E-state index contributed by atoms with van der Waals surface area (Å²) < 4.78 is 0. The van der Waals surface area contributed by atoms with E-state index in [4.69, 9.17) is 0 Å². The summed E-state index contributed by atoms with van der Waals surface area (Å²) in [5.41, 5.74) is -0.309. The minimum Gasteiger partial charge on any atom is -0.336 e. The molecule has 1 heterocycles. The first-order chi connectivity index (χ1) is 9.88. The molecule has 21 heavy (non-hydrogen) atoms. The molecule has 1 aromatic carbocycles. The molecule has 2 amide bonds. The lowest BCUT2D eigenvalue weighted by molar-refractivity contribution is -0.165. The molecule has 1 aromatic rings. The van der Waals surface area contributed by atoms with Crippen molar-refractivity contribution in [1.29, 1.82) is 0 Å². The number of carbonyl (C=O) groups excluding carboxylic acids is 2. The standard InChI is InChI=1S/C17H22N2O2/c1-12-14(20)18-17(3,13-8-5-4-6-9-13)15(21)19(12)16(2)10-7-11-16/h4-6,8-9,12H,7,10-11H2,1-3H3,(H,18,20). The van der Waals surface area contributed by atoms with E-state index in [9.17, 15) is 9.59 Å². The Kier molecular flexibility index (Phi) is 3.08. The number of hydrogen-bond acceptors (Lipinski definition) is 2. The second-order valence-corrected chi connectivity index (χ2v) is 6.68. The number of nitrogens with one attached hydrogen (secondary N) is 1. The highest BCUT2D eigenvalue weighted by atomic mass is 16.2. The van der Waals surface area contributed by atoms with Crippen molar-refractivity contribution in [3.63, 3.8) is 0 Å². The van der Waals surface area contributed by atoms with Gasteiger partial charge in [-0.15, -0.1) is 0 Å². The SMILES string of the molecule is CC1C(=O)NC(C)(c2ccccc2)C(=O)N1C1(C)CCC1. The van der Waals surface area contributed by atoms with Gasteiger partial charge < -0.3 is 10.2 Å². The summed E-state index contributed by atoms with van der Waals surface area (Å²) in [6, 6.07) is 9.10. The molecule has 1 aliphatic heterocycles. The molecule has 0 bridgehead atoms. The van der Waals surface area contributed by atoms with Crippen molar-refractivity contribution in [2.75, 3.05) is 0 Å². The molecule has 112 valence electrons. The van der Waals surface area contributed by atoms with E-state index in [-0.39, 0.29) is 17.4 Å². The van der Waals surface area contributed by atoms with Crippen LogP contribution < -0.4 is 5.32 Å². The Morgan fingerprint density at radius 1 is 1.14 bits per heavy atom. The maximum atomic E-state index is 13.2. The summed E-state index contributed by atoms with van der Waals surface area (Å²) in [4.78, 5) is 27.4. The molecule has 1 saturated carbocycles. The van der Waals surface area contributed by atoms with Crippen LogP contribution in [0.2, 0.25) is 0 Å².